The molecule has 1 spiro atoms. The van der Waals surface area contributed by atoms with E-state index in [1.54, 1.807) is 6.07 Å². The summed E-state index contributed by atoms with van der Waals surface area (Å²) in [4.78, 5) is 27.1. The van der Waals surface area contributed by atoms with Crippen LogP contribution in [0.15, 0.2) is 10.5 Å². The second-order valence-corrected chi connectivity index (χ2v) is 6.99. The lowest BCUT2D eigenvalue weighted by atomic mass is 9.74. The van der Waals surface area contributed by atoms with Crippen molar-refractivity contribution in [3.8, 4) is 0 Å². The molecule has 1 aliphatic carbocycles. The summed E-state index contributed by atoms with van der Waals surface area (Å²) in [5, 5.41) is 9.34. The smallest absolute Gasteiger partial charge is 0.319 e. The summed E-state index contributed by atoms with van der Waals surface area (Å²) in [6.07, 6.45) is 5.72. The van der Waals surface area contributed by atoms with Crippen LogP contribution in [0.2, 0.25) is 5.02 Å². The van der Waals surface area contributed by atoms with Gasteiger partial charge >= 0.3 is 6.03 Å². The second-order valence-electron chi connectivity index (χ2n) is 6.58. The topological polar surface area (TPSA) is 96.3 Å². The van der Waals surface area contributed by atoms with Crippen molar-refractivity contribution in [1.29, 1.82) is 0 Å². The van der Waals surface area contributed by atoms with Crippen molar-refractivity contribution in [2.75, 3.05) is 11.9 Å². The Morgan fingerprint density at radius 2 is 2.16 bits per heavy atom. The van der Waals surface area contributed by atoms with E-state index in [1.807, 2.05) is 0 Å². The van der Waals surface area contributed by atoms with Crippen molar-refractivity contribution >= 4 is 40.7 Å². The highest BCUT2D eigenvalue weighted by molar-refractivity contribution is 6.35. The van der Waals surface area contributed by atoms with Crippen LogP contribution in [-0.4, -0.2) is 23.8 Å². The van der Waals surface area contributed by atoms with Crippen molar-refractivity contribution in [1.82, 2.24) is 15.6 Å². The van der Waals surface area contributed by atoms with Gasteiger partial charge in [-0.3, -0.25) is 0 Å². The highest BCUT2D eigenvalue weighted by Crippen LogP contribution is 2.48. The summed E-state index contributed by atoms with van der Waals surface area (Å²) in [5.41, 5.74) is 2.35. The molecule has 2 aromatic rings. The quantitative estimate of drug-likeness (QED) is 0.573. The van der Waals surface area contributed by atoms with Gasteiger partial charge < -0.3 is 25.2 Å². The first kappa shape index (κ1) is 16.4. The Morgan fingerprint density at radius 1 is 1.36 bits per heavy atom. The maximum atomic E-state index is 12.2. The highest BCUT2D eigenvalue weighted by atomic mass is 35.5. The third-order valence-electron chi connectivity index (χ3n) is 4.96. The average molecular weight is 363 g/mol. The number of halogens is 1. The molecule has 0 atom stereocenters. The molecular weight excluding hydrogens is 344 g/mol. The predicted octanol–water partition coefficient (Wildman–Crippen LogP) is 3.06. The van der Waals surface area contributed by atoms with Crippen LogP contribution in [0.25, 0.3) is 11.1 Å². The van der Waals surface area contributed by atoms with E-state index in [-0.39, 0.29) is 12.6 Å². The van der Waals surface area contributed by atoms with Crippen molar-refractivity contribution in [3.05, 3.63) is 22.5 Å². The largest absolute Gasteiger partial charge is 0.439 e. The lowest BCUT2D eigenvalue weighted by molar-refractivity contribution is -0.107. The zero-order chi connectivity index (χ0) is 17.4. The molecule has 1 saturated carbocycles. The number of carbonyl (C=O) groups excluding carboxylic acids is 2. The van der Waals surface area contributed by atoms with Gasteiger partial charge in [0, 0.05) is 5.56 Å². The SMILES string of the molecule is O=CCNCc1nc2cc(Cl)c3c(c2o1)C1(CCCCC1)NC(=O)N3. The van der Waals surface area contributed by atoms with Crippen LogP contribution in [0.3, 0.4) is 0 Å². The van der Waals surface area contributed by atoms with Crippen LogP contribution in [0.5, 0.6) is 0 Å². The van der Waals surface area contributed by atoms with Gasteiger partial charge in [0.15, 0.2) is 5.58 Å². The van der Waals surface area contributed by atoms with Gasteiger partial charge in [0.05, 0.1) is 29.3 Å². The number of aldehydes is 1. The Balaban J connectivity index is 1.86. The minimum absolute atomic E-state index is 0.233. The number of hydrogen-bond acceptors (Lipinski definition) is 5. The van der Waals surface area contributed by atoms with Gasteiger partial charge in [-0.25, -0.2) is 9.78 Å². The van der Waals surface area contributed by atoms with Crippen LogP contribution >= 0.6 is 11.6 Å². The molecule has 0 bridgehead atoms. The number of oxazole rings is 1. The summed E-state index contributed by atoms with van der Waals surface area (Å²) in [7, 11) is 0. The van der Waals surface area contributed by atoms with E-state index in [1.165, 1.54) is 0 Å². The molecule has 8 heteroatoms. The molecule has 2 amide bonds. The number of hydrogen-bond donors (Lipinski definition) is 3. The number of nitrogens with zero attached hydrogens (tertiary/aromatic N) is 1. The van der Waals surface area contributed by atoms with E-state index < -0.39 is 5.54 Å². The van der Waals surface area contributed by atoms with Crippen molar-refractivity contribution in [2.45, 2.75) is 44.2 Å². The van der Waals surface area contributed by atoms with Crippen molar-refractivity contribution < 1.29 is 14.0 Å². The van der Waals surface area contributed by atoms with Gasteiger partial charge in [-0.2, -0.15) is 0 Å². The third-order valence-corrected chi connectivity index (χ3v) is 5.26. The van der Waals surface area contributed by atoms with Crippen LogP contribution < -0.4 is 16.0 Å². The first-order valence-electron chi connectivity index (χ1n) is 8.49. The number of urea groups is 1. The summed E-state index contributed by atoms with van der Waals surface area (Å²) in [6.45, 7) is 0.589. The molecule has 0 unspecified atom stereocenters. The fourth-order valence-electron chi connectivity index (χ4n) is 3.93. The Kier molecular flexibility index (Phi) is 4.13. The third kappa shape index (κ3) is 2.77. The average Bonchev–Trinajstić information content (AvgIpc) is 2.98. The van der Waals surface area contributed by atoms with E-state index in [9.17, 15) is 9.59 Å². The maximum Gasteiger partial charge on any atom is 0.319 e. The van der Waals surface area contributed by atoms with Gasteiger partial charge in [0.25, 0.3) is 0 Å². The Labute approximate surface area is 149 Å². The molecule has 0 saturated heterocycles. The molecule has 4 rings (SSSR count). The fraction of sp³-hybridized carbons (Fsp3) is 0.471. The zero-order valence-corrected chi connectivity index (χ0v) is 14.4. The molecule has 1 aromatic heterocycles. The molecule has 1 fully saturated rings. The molecular formula is C17H19ClN4O3. The van der Waals surface area contributed by atoms with E-state index in [0.717, 1.165) is 44.0 Å². The lowest BCUT2D eigenvalue weighted by Gasteiger charge is -2.42. The second kappa shape index (κ2) is 6.31. The van der Waals surface area contributed by atoms with Crippen molar-refractivity contribution in [3.63, 3.8) is 0 Å². The number of aromatic nitrogens is 1. The fourth-order valence-corrected chi connectivity index (χ4v) is 4.17. The van der Waals surface area contributed by atoms with E-state index in [4.69, 9.17) is 16.0 Å². The van der Waals surface area contributed by atoms with Crippen LogP contribution in [0.4, 0.5) is 10.5 Å². The van der Waals surface area contributed by atoms with Gasteiger partial charge in [-0.15, -0.1) is 0 Å². The number of fused-ring (bicyclic) bond motifs is 4. The monoisotopic (exact) mass is 362 g/mol. The van der Waals surface area contributed by atoms with Crippen molar-refractivity contribution in [2.24, 2.45) is 0 Å². The standard InChI is InChI=1S/C17H19ClN4O3/c18-10-8-11-15(25-12(20-11)9-19-6-7-23)13-14(10)21-16(24)22-17(13)4-2-1-3-5-17/h7-8,19H,1-6,9H2,(H2,21,22,24). The van der Waals surface area contributed by atoms with Gasteiger partial charge in [0.1, 0.15) is 11.8 Å². The predicted molar refractivity (Wildman–Crippen MR) is 93.7 cm³/mol. The molecule has 1 aliphatic heterocycles. The normalized spacial score (nSPS) is 18.7. The summed E-state index contributed by atoms with van der Waals surface area (Å²) in [6, 6.07) is 1.48. The minimum atomic E-state index is -0.466. The summed E-state index contributed by atoms with van der Waals surface area (Å²) < 4.78 is 5.99. The number of amides is 2. The van der Waals surface area contributed by atoms with Crippen LogP contribution in [0, 0.1) is 0 Å². The maximum absolute atomic E-state index is 12.2. The lowest BCUT2D eigenvalue weighted by Crippen LogP contribution is -2.52. The first-order chi connectivity index (χ1) is 12.1. The molecule has 132 valence electrons. The zero-order valence-electron chi connectivity index (χ0n) is 13.7. The van der Waals surface area contributed by atoms with E-state index in [2.05, 4.69) is 20.9 Å². The van der Waals surface area contributed by atoms with Crippen LogP contribution in [-0.2, 0) is 16.9 Å². The number of rotatable bonds is 4. The Morgan fingerprint density at radius 3 is 2.92 bits per heavy atom. The van der Waals surface area contributed by atoms with Gasteiger partial charge in [0.2, 0.25) is 5.89 Å². The van der Waals surface area contributed by atoms with Gasteiger partial charge in [-0.05, 0) is 18.9 Å². The molecule has 1 aromatic carbocycles. The molecule has 3 N–H and O–H groups in total. The summed E-state index contributed by atoms with van der Waals surface area (Å²) >= 11 is 6.44. The number of benzene rings is 1. The summed E-state index contributed by atoms with van der Waals surface area (Å²) in [5.74, 6) is 0.490. The molecule has 2 heterocycles. The number of carbonyl (C=O) groups is 2. The van der Waals surface area contributed by atoms with E-state index >= 15 is 0 Å². The van der Waals surface area contributed by atoms with E-state index in [0.29, 0.717) is 34.2 Å². The first-order valence-corrected chi connectivity index (χ1v) is 8.87. The van der Waals surface area contributed by atoms with Crippen LogP contribution in [0.1, 0.15) is 43.6 Å². The Hall–Kier alpha value is -2.12. The number of anilines is 1. The number of nitrogens with one attached hydrogen (secondary N) is 3. The molecule has 2 aliphatic rings. The van der Waals surface area contributed by atoms with Gasteiger partial charge in [-0.1, -0.05) is 30.9 Å². The Bertz CT molecular complexity index is 842. The highest BCUT2D eigenvalue weighted by Gasteiger charge is 2.44. The molecule has 7 nitrogen and oxygen atoms in total. The molecule has 0 radical (unpaired) electrons. The minimum Gasteiger partial charge on any atom is -0.439 e. The molecule has 25 heavy (non-hydrogen) atoms.